The number of hydrogen-bond donors (Lipinski definition) is 1. The van der Waals surface area contributed by atoms with Crippen LogP contribution in [-0.4, -0.2) is 33.5 Å². The first-order valence-corrected chi connectivity index (χ1v) is 9.68. The Morgan fingerprint density at radius 2 is 1.86 bits per heavy atom. The highest BCUT2D eigenvalue weighted by molar-refractivity contribution is 7.99. The van der Waals surface area contributed by atoms with Crippen molar-refractivity contribution in [3.8, 4) is 11.4 Å². The molecule has 0 saturated carbocycles. The van der Waals surface area contributed by atoms with E-state index in [1.165, 1.54) is 11.8 Å². The van der Waals surface area contributed by atoms with E-state index in [4.69, 9.17) is 4.74 Å². The number of aromatic nitrogens is 3. The van der Waals surface area contributed by atoms with E-state index in [2.05, 4.69) is 15.5 Å². The molecule has 1 amide bonds. The zero-order chi connectivity index (χ0) is 19.3. The van der Waals surface area contributed by atoms with Gasteiger partial charge in [-0.2, -0.15) is 0 Å². The number of carbonyl (C=O) groups is 1. The average molecular weight is 390 g/mol. The monoisotopic (exact) mass is 390 g/mol. The van der Waals surface area contributed by atoms with E-state index in [0.29, 0.717) is 10.9 Å². The number of para-hydroxylation sites is 2. The quantitative estimate of drug-likeness (QED) is 0.501. The van der Waals surface area contributed by atoms with Crippen LogP contribution in [0, 0.1) is 0 Å². The molecule has 4 rings (SSSR count). The molecule has 0 aliphatic heterocycles. The van der Waals surface area contributed by atoms with E-state index in [9.17, 15) is 4.79 Å². The van der Waals surface area contributed by atoms with Crippen molar-refractivity contribution in [2.75, 3.05) is 18.2 Å². The van der Waals surface area contributed by atoms with Gasteiger partial charge in [-0.1, -0.05) is 60.3 Å². The minimum absolute atomic E-state index is 0.101. The maximum Gasteiger partial charge on any atom is 0.234 e. The smallest absolute Gasteiger partial charge is 0.234 e. The Bertz CT molecular complexity index is 1120. The van der Waals surface area contributed by atoms with Crippen LogP contribution in [0.5, 0.6) is 5.75 Å². The first-order valence-electron chi connectivity index (χ1n) is 8.70. The zero-order valence-electron chi connectivity index (χ0n) is 15.2. The molecule has 0 bridgehead atoms. The Morgan fingerprint density at radius 3 is 2.75 bits per heavy atom. The molecule has 0 radical (unpaired) electrons. The molecule has 1 heterocycles. The molecule has 0 unspecified atom stereocenters. The molecule has 28 heavy (non-hydrogen) atoms. The Kier molecular flexibility index (Phi) is 5.25. The first kappa shape index (κ1) is 18.1. The maximum atomic E-state index is 12.5. The van der Waals surface area contributed by atoms with Crippen LogP contribution in [0.4, 0.5) is 5.69 Å². The van der Waals surface area contributed by atoms with Gasteiger partial charge in [-0.05, 0) is 23.6 Å². The topological polar surface area (TPSA) is 69.0 Å². The summed E-state index contributed by atoms with van der Waals surface area (Å²) in [5, 5.41) is 13.8. The van der Waals surface area contributed by atoms with Gasteiger partial charge in [0.2, 0.25) is 5.91 Å². The minimum Gasteiger partial charge on any atom is -0.495 e. The number of rotatable bonds is 6. The van der Waals surface area contributed by atoms with E-state index in [1.54, 1.807) is 13.4 Å². The second-order valence-corrected chi connectivity index (χ2v) is 6.96. The molecule has 4 aromatic rings. The highest BCUT2D eigenvalue weighted by Gasteiger charge is 2.13. The minimum atomic E-state index is -0.101. The van der Waals surface area contributed by atoms with Crippen LogP contribution in [-0.2, 0) is 4.79 Å². The third-order valence-electron chi connectivity index (χ3n) is 4.26. The molecule has 0 aliphatic rings. The van der Waals surface area contributed by atoms with Gasteiger partial charge in [0.25, 0.3) is 0 Å². The third-order valence-corrected chi connectivity index (χ3v) is 5.20. The molecular formula is C21H18N4O2S. The Balaban J connectivity index is 1.48. The van der Waals surface area contributed by atoms with Gasteiger partial charge in [-0.25, -0.2) is 0 Å². The second kappa shape index (κ2) is 8.14. The fourth-order valence-corrected chi connectivity index (χ4v) is 3.69. The molecule has 6 nitrogen and oxygen atoms in total. The Morgan fingerprint density at radius 1 is 1.07 bits per heavy atom. The molecule has 0 aliphatic carbocycles. The van der Waals surface area contributed by atoms with Crippen LogP contribution in [0.25, 0.3) is 16.5 Å². The van der Waals surface area contributed by atoms with E-state index in [0.717, 1.165) is 22.1 Å². The number of benzene rings is 3. The largest absolute Gasteiger partial charge is 0.495 e. The van der Waals surface area contributed by atoms with Crippen LogP contribution in [0.1, 0.15) is 0 Å². The van der Waals surface area contributed by atoms with Gasteiger partial charge in [-0.3, -0.25) is 9.36 Å². The van der Waals surface area contributed by atoms with Crippen molar-refractivity contribution in [3.05, 3.63) is 73.1 Å². The standard InChI is InChI=1S/C21H18N4O2S/c1-27-19-12-5-4-11-18(19)25-14-22-24-21(25)28-13-20(26)23-17-10-6-8-15-7-2-3-9-16(15)17/h2-12,14H,13H2,1H3,(H,23,26). The summed E-state index contributed by atoms with van der Waals surface area (Å²) in [6.45, 7) is 0. The lowest BCUT2D eigenvalue weighted by Gasteiger charge is -2.11. The lowest BCUT2D eigenvalue weighted by atomic mass is 10.1. The van der Waals surface area contributed by atoms with Crippen LogP contribution >= 0.6 is 11.8 Å². The molecule has 0 atom stereocenters. The molecule has 3 aromatic carbocycles. The lowest BCUT2D eigenvalue weighted by molar-refractivity contribution is -0.113. The van der Waals surface area contributed by atoms with E-state index in [1.807, 2.05) is 71.3 Å². The van der Waals surface area contributed by atoms with Gasteiger partial charge in [0, 0.05) is 11.1 Å². The van der Waals surface area contributed by atoms with Crippen LogP contribution in [0.15, 0.2) is 78.2 Å². The fourth-order valence-electron chi connectivity index (χ4n) is 2.97. The molecule has 140 valence electrons. The molecule has 0 spiro atoms. The van der Waals surface area contributed by atoms with Gasteiger partial charge in [-0.15, -0.1) is 10.2 Å². The second-order valence-electron chi connectivity index (χ2n) is 6.02. The number of hydrogen-bond acceptors (Lipinski definition) is 5. The zero-order valence-corrected chi connectivity index (χ0v) is 16.0. The predicted octanol–water partition coefficient (Wildman–Crippen LogP) is 4.16. The van der Waals surface area contributed by atoms with Gasteiger partial charge in [0.1, 0.15) is 12.1 Å². The summed E-state index contributed by atoms with van der Waals surface area (Å²) in [7, 11) is 1.62. The van der Waals surface area contributed by atoms with Gasteiger partial charge in [0.05, 0.1) is 18.6 Å². The summed E-state index contributed by atoms with van der Waals surface area (Å²) in [6.07, 6.45) is 1.61. The SMILES string of the molecule is COc1ccccc1-n1cnnc1SCC(=O)Nc1cccc2ccccc12. The summed E-state index contributed by atoms with van der Waals surface area (Å²) < 4.78 is 7.22. The summed E-state index contributed by atoms with van der Waals surface area (Å²) in [5.41, 5.74) is 1.63. The Labute approximate surface area is 166 Å². The molecule has 1 N–H and O–H groups in total. The predicted molar refractivity (Wildman–Crippen MR) is 111 cm³/mol. The fraction of sp³-hybridized carbons (Fsp3) is 0.0952. The molecule has 0 saturated heterocycles. The highest BCUT2D eigenvalue weighted by atomic mass is 32.2. The number of thioether (sulfide) groups is 1. The number of fused-ring (bicyclic) bond motifs is 1. The number of carbonyl (C=O) groups excluding carboxylic acids is 1. The first-order chi connectivity index (χ1) is 13.8. The van der Waals surface area contributed by atoms with Crippen molar-refractivity contribution in [1.82, 2.24) is 14.8 Å². The highest BCUT2D eigenvalue weighted by Crippen LogP contribution is 2.27. The van der Waals surface area contributed by atoms with Crippen LogP contribution < -0.4 is 10.1 Å². The van der Waals surface area contributed by atoms with E-state index >= 15 is 0 Å². The van der Waals surface area contributed by atoms with Crippen molar-refractivity contribution in [2.24, 2.45) is 0 Å². The van der Waals surface area contributed by atoms with Gasteiger partial charge < -0.3 is 10.1 Å². The van der Waals surface area contributed by atoms with E-state index < -0.39 is 0 Å². The van der Waals surface area contributed by atoms with Crippen molar-refractivity contribution in [1.29, 1.82) is 0 Å². The van der Waals surface area contributed by atoms with Crippen molar-refractivity contribution >= 4 is 34.1 Å². The van der Waals surface area contributed by atoms with Gasteiger partial charge >= 0.3 is 0 Å². The third kappa shape index (κ3) is 3.70. The van der Waals surface area contributed by atoms with Crippen molar-refractivity contribution in [3.63, 3.8) is 0 Å². The molecule has 1 aromatic heterocycles. The number of nitrogens with one attached hydrogen (secondary N) is 1. The number of anilines is 1. The normalized spacial score (nSPS) is 10.8. The summed E-state index contributed by atoms with van der Waals surface area (Å²) in [5.74, 6) is 0.831. The van der Waals surface area contributed by atoms with Gasteiger partial charge in [0.15, 0.2) is 5.16 Å². The summed E-state index contributed by atoms with van der Waals surface area (Å²) >= 11 is 1.32. The molecular weight excluding hydrogens is 372 g/mol. The summed E-state index contributed by atoms with van der Waals surface area (Å²) in [4.78, 5) is 12.5. The average Bonchev–Trinajstić information content (AvgIpc) is 3.21. The maximum absolute atomic E-state index is 12.5. The lowest BCUT2D eigenvalue weighted by Crippen LogP contribution is -2.14. The number of nitrogens with zero attached hydrogens (tertiary/aromatic N) is 3. The molecule has 0 fully saturated rings. The van der Waals surface area contributed by atoms with Crippen LogP contribution in [0.2, 0.25) is 0 Å². The van der Waals surface area contributed by atoms with E-state index in [-0.39, 0.29) is 11.7 Å². The van der Waals surface area contributed by atoms with Crippen molar-refractivity contribution in [2.45, 2.75) is 5.16 Å². The summed E-state index contributed by atoms with van der Waals surface area (Å²) in [6, 6.07) is 21.4. The number of amides is 1. The molecule has 7 heteroatoms. The van der Waals surface area contributed by atoms with Crippen molar-refractivity contribution < 1.29 is 9.53 Å². The number of methoxy groups -OCH3 is 1. The Hall–Kier alpha value is -3.32. The van der Waals surface area contributed by atoms with Crippen LogP contribution in [0.3, 0.4) is 0 Å². The number of ether oxygens (including phenoxy) is 1.